The highest BCUT2D eigenvalue weighted by atomic mass is 16.5. The predicted molar refractivity (Wildman–Crippen MR) is 221 cm³/mol. The fourth-order valence-electron chi connectivity index (χ4n) is 6.71. The zero-order valence-electron chi connectivity index (χ0n) is 35.3. The first-order valence-electron chi connectivity index (χ1n) is 20.5. The Morgan fingerprint density at radius 3 is 0.918 bits per heavy atom. The van der Waals surface area contributed by atoms with Crippen LogP contribution < -0.4 is 4.74 Å². The minimum absolute atomic E-state index is 0.430. The maximum Gasteiger partial charge on any atom is 0.333 e. The van der Waals surface area contributed by atoms with Crippen molar-refractivity contribution >= 4 is 47.8 Å². The van der Waals surface area contributed by atoms with Crippen LogP contribution in [0, 0.1) is 22.7 Å². The molecule has 0 radical (unpaired) electrons. The first-order valence-corrected chi connectivity index (χ1v) is 20.5. The summed E-state index contributed by atoms with van der Waals surface area (Å²) in [5.74, 6) is -18.8. The Morgan fingerprint density at radius 2 is 0.689 bits per heavy atom. The number of carboxylic acid groups (broad SMARTS) is 8. The predicted octanol–water partition coefficient (Wildman–Crippen LogP) is 7.96. The van der Waals surface area contributed by atoms with Crippen molar-refractivity contribution in [2.24, 2.45) is 22.7 Å². The molecular weight excluding hydrogens is 800 g/mol. The van der Waals surface area contributed by atoms with E-state index in [0.717, 1.165) is 24.3 Å². The minimum atomic E-state index is -3.36. The van der Waals surface area contributed by atoms with Crippen molar-refractivity contribution < 1.29 is 83.9 Å². The quantitative estimate of drug-likeness (QED) is 0.0297. The summed E-state index contributed by atoms with van der Waals surface area (Å²) in [4.78, 5) is 86.1. The van der Waals surface area contributed by atoms with E-state index in [2.05, 4.69) is 62.4 Å². The number of ether oxygens (including phenoxy) is 1. The van der Waals surface area contributed by atoms with Gasteiger partial charge in [-0.15, -0.1) is 0 Å². The molecule has 2 aromatic carbocycles. The molecule has 2 unspecified atom stereocenters. The van der Waals surface area contributed by atoms with Crippen LogP contribution in [0.5, 0.6) is 11.5 Å². The van der Waals surface area contributed by atoms with E-state index in [4.69, 9.17) is 45.6 Å². The van der Waals surface area contributed by atoms with Crippen LogP contribution in [-0.2, 0) is 51.2 Å². The van der Waals surface area contributed by atoms with Crippen molar-refractivity contribution in [3.8, 4) is 11.5 Å². The van der Waals surface area contributed by atoms with Crippen molar-refractivity contribution in [3.63, 3.8) is 0 Å². The van der Waals surface area contributed by atoms with Crippen LogP contribution in [0.3, 0.4) is 0 Å². The number of unbranched alkanes of at least 4 members (excludes halogenated alkanes) is 10. The van der Waals surface area contributed by atoms with Gasteiger partial charge in [-0.25, -0.2) is 0 Å². The zero-order chi connectivity index (χ0) is 46.8. The van der Waals surface area contributed by atoms with Crippen LogP contribution in [0.2, 0.25) is 0 Å². The number of rotatable bonds is 28. The fraction of sp³-hybridized carbons (Fsp3) is 0.545. The highest BCUT2D eigenvalue weighted by Gasteiger charge is 2.63. The van der Waals surface area contributed by atoms with E-state index in [-0.39, 0.29) is 0 Å². The number of carbonyl (C=O) groups is 8. The summed E-state index contributed by atoms with van der Waals surface area (Å²) in [5, 5.41) is 69.5. The minimum Gasteiger partial charge on any atom is -0.481 e. The van der Waals surface area contributed by atoms with Gasteiger partial charge < -0.3 is 45.6 Å². The molecule has 2 rings (SSSR count). The second kappa shape index (κ2) is 28.5. The second-order valence-electron chi connectivity index (χ2n) is 14.4. The monoisotopic (exact) mass is 862 g/mol. The fourth-order valence-corrected chi connectivity index (χ4v) is 6.71. The van der Waals surface area contributed by atoms with E-state index < -0.39 is 83.3 Å². The van der Waals surface area contributed by atoms with Crippen molar-refractivity contribution in [3.05, 3.63) is 59.7 Å². The van der Waals surface area contributed by atoms with Gasteiger partial charge in [-0.3, -0.25) is 38.4 Å². The van der Waals surface area contributed by atoms with E-state index in [1.165, 1.54) is 102 Å². The lowest BCUT2D eigenvalue weighted by molar-refractivity contribution is -0.187. The molecule has 2 atom stereocenters. The molecule has 61 heavy (non-hydrogen) atoms. The molecular formula is C44H62O17. The van der Waals surface area contributed by atoms with E-state index in [0.29, 0.717) is 0 Å². The lowest BCUT2D eigenvalue weighted by atomic mass is 9.74. The zero-order valence-corrected chi connectivity index (χ0v) is 35.3. The van der Waals surface area contributed by atoms with Gasteiger partial charge in [0.25, 0.3) is 10.8 Å². The highest BCUT2D eigenvalue weighted by Crippen LogP contribution is 2.34. The second-order valence-corrected chi connectivity index (χ2v) is 14.4. The van der Waals surface area contributed by atoms with Gasteiger partial charge in [0.1, 0.15) is 11.5 Å². The summed E-state index contributed by atoms with van der Waals surface area (Å²) >= 11 is 0. The summed E-state index contributed by atoms with van der Waals surface area (Å²) in [7, 11) is 0. The number of aliphatic carboxylic acids is 8. The molecule has 0 saturated heterocycles. The molecule has 0 amide bonds. The van der Waals surface area contributed by atoms with Crippen molar-refractivity contribution in [1.82, 2.24) is 0 Å². The Hall–Kier alpha value is -6.00. The van der Waals surface area contributed by atoms with Crippen molar-refractivity contribution in [2.45, 2.75) is 130 Å². The number of hydrogen-bond acceptors (Lipinski definition) is 9. The number of hydrogen-bond donors (Lipinski definition) is 8. The average Bonchev–Trinajstić information content (AvgIpc) is 3.18. The van der Waals surface area contributed by atoms with E-state index in [1.807, 2.05) is 0 Å². The van der Waals surface area contributed by atoms with E-state index in [1.54, 1.807) is 0 Å². The van der Waals surface area contributed by atoms with Gasteiger partial charge in [-0.05, 0) is 61.8 Å². The van der Waals surface area contributed by atoms with Gasteiger partial charge in [0.2, 0.25) is 0 Å². The molecule has 0 aliphatic rings. The molecule has 0 heterocycles. The third-order valence-corrected chi connectivity index (χ3v) is 10.2. The van der Waals surface area contributed by atoms with Crippen LogP contribution >= 0.6 is 0 Å². The molecule has 2 aromatic rings. The summed E-state index contributed by atoms with van der Waals surface area (Å²) in [6.07, 6.45) is 17.4. The molecule has 0 bridgehead atoms. The molecule has 17 heteroatoms. The molecule has 0 spiro atoms. The third kappa shape index (κ3) is 15.8. The molecule has 0 aliphatic carbocycles. The third-order valence-electron chi connectivity index (χ3n) is 10.2. The Bertz CT molecular complexity index is 1550. The Kier molecular flexibility index (Phi) is 25.7. The molecule has 0 saturated carbocycles. The lowest BCUT2D eigenvalue weighted by Crippen LogP contribution is -2.54. The topological polar surface area (TPSA) is 308 Å². The van der Waals surface area contributed by atoms with Crippen LogP contribution in [0.25, 0.3) is 0 Å². The Morgan fingerprint density at radius 1 is 0.426 bits per heavy atom. The van der Waals surface area contributed by atoms with Crippen molar-refractivity contribution in [1.29, 1.82) is 0 Å². The van der Waals surface area contributed by atoms with Gasteiger partial charge in [0, 0.05) is 0 Å². The lowest BCUT2D eigenvalue weighted by Gasteiger charge is -2.25. The molecule has 0 aromatic heterocycles. The molecule has 340 valence electrons. The highest BCUT2D eigenvalue weighted by molar-refractivity contribution is 6.19. The maximum atomic E-state index is 10.8. The molecule has 8 N–H and O–H groups in total. The van der Waals surface area contributed by atoms with Crippen LogP contribution in [0.1, 0.15) is 129 Å². The number of para-hydroxylation sites is 2. The van der Waals surface area contributed by atoms with Crippen LogP contribution in [0.4, 0.5) is 0 Å². The van der Waals surface area contributed by atoms with Gasteiger partial charge >= 0.3 is 47.8 Å². The standard InChI is InChI=1S/C28H42O.2C8H10O8/c1-3-5-7-9-11-13-19-25-21-15-17-23-27(25)29-28-24-18-16-22-26(28)20-14-12-10-8-6-4-2;2*1-2-3(4(9)10)8(5(11)12,6(13)14)7(15)16/h15-18,21-24H,3-14,19-20H2,1-2H3;2*3H,2H2,1H3,(H,9,10)(H,11,12)(H,13,14)(H,15,16). The summed E-state index contributed by atoms with van der Waals surface area (Å²) in [6, 6.07) is 17.2. The number of benzene rings is 2. The molecule has 0 aliphatic heterocycles. The van der Waals surface area contributed by atoms with E-state index >= 15 is 0 Å². The average molecular weight is 863 g/mol. The van der Waals surface area contributed by atoms with E-state index in [9.17, 15) is 38.4 Å². The van der Waals surface area contributed by atoms with Crippen molar-refractivity contribution in [2.75, 3.05) is 0 Å². The summed E-state index contributed by atoms with van der Waals surface area (Å²) in [6.45, 7) is 6.94. The number of carboxylic acids is 8. The van der Waals surface area contributed by atoms with Gasteiger partial charge in [0.15, 0.2) is 0 Å². The first-order chi connectivity index (χ1) is 28.8. The van der Waals surface area contributed by atoms with Gasteiger partial charge in [0.05, 0.1) is 11.8 Å². The normalized spacial score (nSPS) is 11.9. The maximum absolute atomic E-state index is 10.8. The first kappa shape index (κ1) is 55.0. The van der Waals surface area contributed by atoms with Gasteiger partial charge in [-0.2, -0.15) is 0 Å². The van der Waals surface area contributed by atoms with Crippen LogP contribution in [-0.4, -0.2) is 88.6 Å². The number of aryl methyl sites for hydroxylation is 2. The largest absolute Gasteiger partial charge is 0.481 e. The molecule has 17 nitrogen and oxygen atoms in total. The molecule has 0 fully saturated rings. The Balaban J connectivity index is 0.000000962. The summed E-state index contributed by atoms with van der Waals surface area (Å²) in [5.41, 5.74) is -4.03. The smallest absolute Gasteiger partial charge is 0.333 e. The summed E-state index contributed by atoms with van der Waals surface area (Å²) < 4.78 is 6.43. The van der Waals surface area contributed by atoms with Gasteiger partial charge in [-0.1, -0.05) is 128 Å². The van der Waals surface area contributed by atoms with Crippen LogP contribution in [0.15, 0.2) is 48.5 Å². The SMILES string of the molecule is CCC(C(=O)O)C(C(=O)O)(C(=O)O)C(=O)O.CCC(C(=O)O)C(C(=O)O)(C(=O)O)C(=O)O.CCCCCCCCc1ccccc1Oc1ccccc1CCCCCCCC. The Labute approximate surface area is 355 Å².